The van der Waals surface area contributed by atoms with Gasteiger partial charge in [-0.1, -0.05) is 19.8 Å². The quantitative estimate of drug-likeness (QED) is 0.573. The van der Waals surface area contributed by atoms with Crippen molar-refractivity contribution in [2.75, 3.05) is 5.75 Å². The van der Waals surface area contributed by atoms with Gasteiger partial charge in [-0.2, -0.15) is 3.75 Å². The van der Waals surface area contributed by atoms with Gasteiger partial charge in [0.2, 0.25) is 10.0 Å². The Balaban J connectivity index is 3.49. The normalized spacial score (nSPS) is 11.8. The number of sulfonamides is 1. The van der Waals surface area contributed by atoms with Crippen molar-refractivity contribution in [1.29, 1.82) is 0 Å². The topological polar surface area (TPSA) is 46.2 Å². The molecule has 0 aromatic heterocycles. The van der Waals surface area contributed by atoms with Crippen LogP contribution in [0.15, 0.2) is 0 Å². The highest BCUT2D eigenvalue weighted by molar-refractivity contribution is 9.09. The summed E-state index contributed by atoms with van der Waals surface area (Å²) >= 11 is 2.69. The first kappa shape index (κ1) is 10.4. The Morgan fingerprint density at radius 1 is 1.40 bits per heavy atom. The van der Waals surface area contributed by atoms with E-state index in [-0.39, 0.29) is 5.75 Å². The van der Waals surface area contributed by atoms with E-state index in [2.05, 4.69) is 19.9 Å². The first-order chi connectivity index (χ1) is 4.62. The molecule has 0 heterocycles. The molecular weight excluding hydrogens is 218 g/mol. The third-order valence-corrected chi connectivity index (χ3v) is 3.68. The predicted molar refractivity (Wildman–Crippen MR) is 45.4 cm³/mol. The van der Waals surface area contributed by atoms with Crippen molar-refractivity contribution in [3.05, 3.63) is 0 Å². The molecule has 0 unspecified atom stereocenters. The van der Waals surface area contributed by atoms with Crippen molar-refractivity contribution in [3.63, 3.8) is 0 Å². The lowest BCUT2D eigenvalue weighted by Crippen LogP contribution is -2.16. The van der Waals surface area contributed by atoms with Crippen LogP contribution in [-0.4, -0.2) is 14.2 Å². The van der Waals surface area contributed by atoms with Crippen molar-refractivity contribution >= 4 is 26.2 Å². The second kappa shape index (κ2) is 5.09. The third-order valence-electron chi connectivity index (χ3n) is 1.13. The summed E-state index contributed by atoms with van der Waals surface area (Å²) in [4.78, 5) is 0. The van der Waals surface area contributed by atoms with Gasteiger partial charge in [-0.3, -0.25) is 0 Å². The summed E-state index contributed by atoms with van der Waals surface area (Å²) in [5.74, 6) is 0.214. The lowest BCUT2D eigenvalue weighted by Gasteiger charge is -1.98. The van der Waals surface area contributed by atoms with Crippen LogP contribution in [0.4, 0.5) is 0 Å². The summed E-state index contributed by atoms with van der Waals surface area (Å²) in [5, 5.41) is 0. The molecule has 0 saturated heterocycles. The maximum absolute atomic E-state index is 10.7. The molecule has 0 fully saturated rings. The minimum atomic E-state index is -3.03. The average molecular weight is 230 g/mol. The molecule has 0 radical (unpaired) electrons. The van der Waals surface area contributed by atoms with E-state index >= 15 is 0 Å². The molecule has 62 valence electrons. The Kier molecular flexibility index (Phi) is 5.29. The fourth-order valence-electron chi connectivity index (χ4n) is 0.581. The fraction of sp³-hybridized carbons (Fsp3) is 1.00. The monoisotopic (exact) mass is 229 g/mol. The van der Waals surface area contributed by atoms with Gasteiger partial charge in [0.15, 0.2) is 0 Å². The minimum absolute atomic E-state index is 0.214. The molecular formula is C5H12BrNO2S. The molecule has 10 heavy (non-hydrogen) atoms. The van der Waals surface area contributed by atoms with Gasteiger partial charge in [0.05, 0.1) is 5.75 Å². The maximum atomic E-state index is 10.7. The van der Waals surface area contributed by atoms with Crippen molar-refractivity contribution in [2.45, 2.75) is 26.2 Å². The van der Waals surface area contributed by atoms with Gasteiger partial charge in [0.1, 0.15) is 0 Å². The molecule has 0 amide bonds. The van der Waals surface area contributed by atoms with Crippen LogP contribution in [0.25, 0.3) is 0 Å². The van der Waals surface area contributed by atoms with E-state index in [1.54, 1.807) is 0 Å². The molecule has 0 aliphatic carbocycles. The summed E-state index contributed by atoms with van der Waals surface area (Å²) in [7, 11) is -3.03. The van der Waals surface area contributed by atoms with Crippen LogP contribution in [0.1, 0.15) is 26.2 Å². The zero-order valence-corrected chi connectivity index (χ0v) is 8.33. The van der Waals surface area contributed by atoms with E-state index in [1.165, 1.54) is 0 Å². The van der Waals surface area contributed by atoms with Gasteiger partial charge >= 0.3 is 0 Å². The average Bonchev–Trinajstić information content (AvgIpc) is 1.89. The minimum Gasteiger partial charge on any atom is -0.212 e. The van der Waals surface area contributed by atoms with Crippen molar-refractivity contribution in [3.8, 4) is 0 Å². The zero-order valence-electron chi connectivity index (χ0n) is 5.93. The maximum Gasteiger partial charge on any atom is 0.221 e. The van der Waals surface area contributed by atoms with E-state index in [4.69, 9.17) is 0 Å². The van der Waals surface area contributed by atoms with Crippen LogP contribution in [0.3, 0.4) is 0 Å². The number of hydrogen-bond donors (Lipinski definition) is 1. The molecule has 0 atom stereocenters. The first-order valence-corrected chi connectivity index (χ1v) is 5.67. The molecule has 3 nitrogen and oxygen atoms in total. The van der Waals surface area contributed by atoms with Crippen LogP contribution in [0.2, 0.25) is 0 Å². The third kappa shape index (κ3) is 5.20. The van der Waals surface area contributed by atoms with Gasteiger partial charge in [0.25, 0.3) is 0 Å². The molecule has 0 aliphatic heterocycles. The predicted octanol–water partition coefficient (Wildman–Crippen LogP) is 1.41. The summed E-state index contributed by atoms with van der Waals surface area (Å²) in [6.07, 6.45) is 2.74. The summed E-state index contributed by atoms with van der Waals surface area (Å²) in [5.41, 5.74) is 0. The molecule has 5 heteroatoms. The summed E-state index contributed by atoms with van der Waals surface area (Å²) in [6, 6.07) is 0. The van der Waals surface area contributed by atoms with Crippen LogP contribution >= 0.6 is 16.1 Å². The second-order valence-electron chi connectivity index (χ2n) is 2.10. The van der Waals surface area contributed by atoms with Crippen molar-refractivity contribution in [1.82, 2.24) is 3.75 Å². The Morgan fingerprint density at radius 3 is 2.40 bits per heavy atom. The molecule has 0 saturated carbocycles. The SMILES string of the molecule is CCCCCS(=O)(=O)NBr. The van der Waals surface area contributed by atoms with E-state index in [0.29, 0.717) is 0 Å². The van der Waals surface area contributed by atoms with Gasteiger partial charge < -0.3 is 0 Å². The zero-order chi connectivity index (χ0) is 8.04. The second-order valence-corrected chi connectivity index (χ2v) is 4.87. The van der Waals surface area contributed by atoms with Crippen molar-refractivity contribution in [2.24, 2.45) is 0 Å². The number of rotatable bonds is 5. The van der Waals surface area contributed by atoms with Crippen molar-refractivity contribution < 1.29 is 8.42 Å². The van der Waals surface area contributed by atoms with Gasteiger partial charge in [0, 0.05) is 16.1 Å². The fourth-order valence-corrected chi connectivity index (χ4v) is 1.73. The smallest absolute Gasteiger partial charge is 0.212 e. The van der Waals surface area contributed by atoms with E-state index < -0.39 is 10.0 Å². The molecule has 0 spiro atoms. The number of halogens is 1. The van der Waals surface area contributed by atoms with Crippen LogP contribution < -0.4 is 3.75 Å². The van der Waals surface area contributed by atoms with Crippen LogP contribution in [0.5, 0.6) is 0 Å². The van der Waals surface area contributed by atoms with Gasteiger partial charge in [-0.15, -0.1) is 0 Å². The van der Waals surface area contributed by atoms with Crippen LogP contribution in [-0.2, 0) is 10.0 Å². The molecule has 0 aliphatic rings. The lowest BCUT2D eigenvalue weighted by atomic mass is 10.3. The molecule has 0 rings (SSSR count). The standard InChI is InChI=1S/C5H12BrNO2S/c1-2-3-4-5-10(8,9)7-6/h7H,2-5H2,1H3. The first-order valence-electron chi connectivity index (χ1n) is 3.22. The Hall–Kier alpha value is 0.390. The number of hydrogen-bond acceptors (Lipinski definition) is 2. The highest BCUT2D eigenvalue weighted by Gasteiger charge is 2.05. The molecule has 0 aromatic carbocycles. The Morgan fingerprint density at radius 2 is 2.00 bits per heavy atom. The Labute approximate surface area is 70.6 Å². The lowest BCUT2D eigenvalue weighted by molar-refractivity contribution is 0.590. The highest BCUT2D eigenvalue weighted by Crippen LogP contribution is 1.98. The molecule has 1 N–H and O–H groups in total. The highest BCUT2D eigenvalue weighted by atomic mass is 79.9. The van der Waals surface area contributed by atoms with E-state index in [9.17, 15) is 8.42 Å². The van der Waals surface area contributed by atoms with Gasteiger partial charge in [-0.25, -0.2) is 8.42 Å². The summed E-state index contributed by atoms with van der Waals surface area (Å²) < 4.78 is 23.5. The van der Waals surface area contributed by atoms with E-state index in [0.717, 1.165) is 19.3 Å². The summed E-state index contributed by atoms with van der Waals surface area (Å²) in [6.45, 7) is 2.04. The van der Waals surface area contributed by atoms with Crippen LogP contribution in [0, 0.1) is 0 Å². The number of nitrogens with one attached hydrogen (secondary N) is 1. The van der Waals surface area contributed by atoms with E-state index in [1.807, 2.05) is 6.92 Å². The van der Waals surface area contributed by atoms with Gasteiger partial charge in [-0.05, 0) is 6.42 Å². The number of unbranched alkanes of at least 4 members (excludes halogenated alkanes) is 2. The molecule has 0 bridgehead atoms. The molecule has 0 aromatic rings. The largest absolute Gasteiger partial charge is 0.221 e. The Bertz CT molecular complexity index is 166.